The van der Waals surface area contributed by atoms with Crippen LogP contribution < -0.4 is 10.6 Å². The summed E-state index contributed by atoms with van der Waals surface area (Å²) in [5, 5.41) is 4.44. The third kappa shape index (κ3) is 5.03. The predicted octanol–water partition coefficient (Wildman–Crippen LogP) is 4.28. The number of nitrogens with one attached hydrogen (secondary N) is 2. The molecule has 2 N–H and O–H groups in total. The molecule has 160 valence electrons. The van der Waals surface area contributed by atoms with Gasteiger partial charge in [0.05, 0.1) is 12.2 Å². The molecule has 0 unspecified atom stereocenters. The smallest absolute Gasteiger partial charge is 0.244 e. The first-order valence-electron chi connectivity index (χ1n) is 9.41. The average Bonchev–Trinajstić information content (AvgIpc) is 3.04. The molecule has 8 heteroatoms. The summed E-state index contributed by atoms with van der Waals surface area (Å²) in [7, 11) is 0. The second-order valence-electron chi connectivity index (χ2n) is 6.82. The number of carbonyl (C=O) groups excluding carboxylic acids is 2. The molecule has 0 atom stereocenters. The summed E-state index contributed by atoms with van der Waals surface area (Å²) in [6, 6.07) is 13.3. The highest BCUT2D eigenvalue weighted by Gasteiger charge is 2.15. The van der Waals surface area contributed by atoms with Gasteiger partial charge in [-0.3, -0.25) is 9.59 Å². The monoisotopic (exact) mass is 427 g/mol. The van der Waals surface area contributed by atoms with Gasteiger partial charge in [0.1, 0.15) is 0 Å². The van der Waals surface area contributed by atoms with E-state index in [2.05, 4.69) is 15.2 Å². The molecule has 0 aliphatic carbocycles. The van der Waals surface area contributed by atoms with E-state index in [1.54, 1.807) is 6.08 Å². The molecule has 3 rings (SSSR count). The van der Waals surface area contributed by atoms with Crippen LogP contribution in [0.5, 0.6) is 0 Å². The van der Waals surface area contributed by atoms with Gasteiger partial charge in [-0.05, 0) is 55.8 Å². The van der Waals surface area contributed by atoms with Crippen molar-refractivity contribution in [2.24, 2.45) is 0 Å². The highest BCUT2D eigenvalue weighted by molar-refractivity contribution is 5.98. The highest BCUT2D eigenvalue weighted by atomic mass is 19.2. The Morgan fingerprint density at radius 3 is 2.42 bits per heavy atom. The Balaban J connectivity index is 1.60. The quantitative estimate of drug-likeness (QED) is 0.456. The molecular formula is C23H20F3N3O2. The Hall–Kier alpha value is -3.81. The predicted molar refractivity (Wildman–Crippen MR) is 112 cm³/mol. The molecule has 1 heterocycles. The van der Waals surface area contributed by atoms with Crippen molar-refractivity contribution in [3.05, 3.63) is 89.0 Å². The first-order chi connectivity index (χ1) is 14.8. The molecule has 0 radical (unpaired) electrons. The third-order valence-corrected chi connectivity index (χ3v) is 4.63. The average molecular weight is 427 g/mol. The maximum absolute atomic E-state index is 13.6. The fraction of sp³-hybridized carbons (Fsp3) is 0.130. The Morgan fingerprint density at radius 2 is 1.71 bits per heavy atom. The summed E-state index contributed by atoms with van der Waals surface area (Å²) in [5.74, 6) is -5.87. The zero-order valence-corrected chi connectivity index (χ0v) is 16.9. The Labute approximate surface area is 177 Å². The van der Waals surface area contributed by atoms with Crippen LogP contribution in [0.3, 0.4) is 0 Å². The van der Waals surface area contributed by atoms with Crippen molar-refractivity contribution in [1.29, 1.82) is 0 Å². The summed E-state index contributed by atoms with van der Waals surface area (Å²) in [6.07, 6.45) is 2.91. The van der Waals surface area contributed by atoms with Crippen molar-refractivity contribution in [3.63, 3.8) is 0 Å². The Morgan fingerprint density at radius 1 is 1.00 bits per heavy atom. The number of carbonyl (C=O) groups is 2. The molecule has 0 saturated carbocycles. The maximum atomic E-state index is 13.6. The number of aromatic nitrogens is 1. The minimum absolute atomic E-state index is 0.468. The van der Waals surface area contributed by atoms with E-state index in [1.165, 1.54) is 6.08 Å². The van der Waals surface area contributed by atoms with Crippen LogP contribution in [-0.4, -0.2) is 22.9 Å². The minimum atomic E-state index is -1.68. The van der Waals surface area contributed by atoms with E-state index in [0.29, 0.717) is 6.07 Å². The van der Waals surface area contributed by atoms with E-state index < -0.39 is 41.5 Å². The number of amides is 2. The SMILES string of the molecule is Cc1cc(/C=C/C(=O)NCC(=O)Nc2ccc(F)c(F)c2F)c(C)n1-c1ccccc1. The molecule has 0 spiro atoms. The van der Waals surface area contributed by atoms with Crippen LogP contribution in [0.4, 0.5) is 18.9 Å². The van der Waals surface area contributed by atoms with Gasteiger partial charge >= 0.3 is 0 Å². The molecule has 3 aromatic rings. The van der Waals surface area contributed by atoms with Crippen molar-refractivity contribution in [3.8, 4) is 5.69 Å². The lowest BCUT2D eigenvalue weighted by Crippen LogP contribution is -2.32. The van der Waals surface area contributed by atoms with E-state index in [0.717, 1.165) is 28.7 Å². The van der Waals surface area contributed by atoms with Gasteiger partial charge in [-0.15, -0.1) is 0 Å². The van der Waals surface area contributed by atoms with E-state index in [-0.39, 0.29) is 0 Å². The zero-order chi connectivity index (χ0) is 22.5. The fourth-order valence-electron chi connectivity index (χ4n) is 3.14. The molecule has 2 amide bonds. The molecule has 0 fully saturated rings. The number of nitrogens with zero attached hydrogens (tertiary/aromatic N) is 1. The van der Waals surface area contributed by atoms with Crippen LogP contribution in [-0.2, 0) is 9.59 Å². The van der Waals surface area contributed by atoms with Crippen molar-refractivity contribution < 1.29 is 22.8 Å². The maximum Gasteiger partial charge on any atom is 0.244 e. The second-order valence-corrected chi connectivity index (χ2v) is 6.82. The molecule has 0 saturated heterocycles. The molecule has 1 aromatic heterocycles. The number of halogens is 3. The normalized spacial score (nSPS) is 11.0. The molecule has 5 nitrogen and oxygen atoms in total. The van der Waals surface area contributed by atoms with Crippen LogP contribution in [0.2, 0.25) is 0 Å². The van der Waals surface area contributed by atoms with E-state index in [4.69, 9.17) is 0 Å². The number of anilines is 1. The Kier molecular flexibility index (Phi) is 6.59. The summed E-state index contributed by atoms with van der Waals surface area (Å²) in [6.45, 7) is 3.42. The van der Waals surface area contributed by atoms with E-state index >= 15 is 0 Å². The van der Waals surface area contributed by atoms with Crippen molar-refractivity contribution in [2.45, 2.75) is 13.8 Å². The number of rotatable bonds is 6. The van der Waals surface area contributed by atoms with Gasteiger partial charge in [-0.25, -0.2) is 13.2 Å². The van der Waals surface area contributed by atoms with Crippen LogP contribution in [0.25, 0.3) is 11.8 Å². The summed E-state index contributed by atoms with van der Waals surface area (Å²) >= 11 is 0. The molecule has 0 bridgehead atoms. The topological polar surface area (TPSA) is 63.1 Å². The van der Waals surface area contributed by atoms with Crippen LogP contribution in [0.15, 0.2) is 54.6 Å². The lowest BCUT2D eigenvalue weighted by Gasteiger charge is -2.09. The summed E-state index contributed by atoms with van der Waals surface area (Å²) in [5.41, 5.74) is 3.27. The van der Waals surface area contributed by atoms with Crippen LogP contribution in [0, 0.1) is 31.3 Å². The van der Waals surface area contributed by atoms with Gasteiger partial charge in [0.15, 0.2) is 17.5 Å². The lowest BCUT2D eigenvalue weighted by atomic mass is 10.2. The number of aryl methyl sites for hydroxylation is 1. The number of hydrogen-bond acceptors (Lipinski definition) is 2. The standard InChI is InChI=1S/C23H20F3N3O2/c1-14-12-16(15(2)29(14)17-6-4-3-5-7-17)8-11-20(30)27-13-21(31)28-19-10-9-18(24)22(25)23(19)26/h3-12H,13H2,1-2H3,(H,27,30)(H,28,31)/b11-8+. The van der Waals surface area contributed by atoms with Gasteiger partial charge in [0.25, 0.3) is 0 Å². The first kappa shape index (κ1) is 21.9. The summed E-state index contributed by atoms with van der Waals surface area (Å²) in [4.78, 5) is 23.9. The zero-order valence-electron chi connectivity index (χ0n) is 16.9. The molecule has 2 aromatic carbocycles. The number of hydrogen-bond donors (Lipinski definition) is 2. The van der Waals surface area contributed by atoms with Crippen molar-refractivity contribution in [2.75, 3.05) is 11.9 Å². The van der Waals surface area contributed by atoms with Gasteiger partial charge in [0.2, 0.25) is 11.8 Å². The van der Waals surface area contributed by atoms with Gasteiger partial charge in [-0.2, -0.15) is 0 Å². The number of para-hydroxylation sites is 1. The Bertz CT molecular complexity index is 1150. The largest absolute Gasteiger partial charge is 0.343 e. The van der Waals surface area contributed by atoms with Crippen molar-refractivity contribution in [1.82, 2.24) is 9.88 Å². The lowest BCUT2D eigenvalue weighted by molar-refractivity contribution is -0.121. The first-order valence-corrected chi connectivity index (χ1v) is 9.41. The third-order valence-electron chi connectivity index (χ3n) is 4.63. The van der Waals surface area contributed by atoms with Crippen LogP contribution >= 0.6 is 0 Å². The van der Waals surface area contributed by atoms with Gasteiger partial charge < -0.3 is 15.2 Å². The van der Waals surface area contributed by atoms with Crippen LogP contribution in [0.1, 0.15) is 17.0 Å². The van der Waals surface area contributed by atoms with E-state index in [9.17, 15) is 22.8 Å². The number of benzene rings is 2. The van der Waals surface area contributed by atoms with E-state index in [1.807, 2.05) is 50.2 Å². The molecule has 0 aliphatic rings. The second kappa shape index (κ2) is 9.34. The van der Waals surface area contributed by atoms with Gasteiger partial charge in [-0.1, -0.05) is 18.2 Å². The summed E-state index contributed by atoms with van der Waals surface area (Å²) < 4.78 is 41.8. The minimum Gasteiger partial charge on any atom is -0.343 e. The fourth-order valence-corrected chi connectivity index (χ4v) is 3.14. The molecule has 31 heavy (non-hydrogen) atoms. The van der Waals surface area contributed by atoms with Crippen molar-refractivity contribution >= 4 is 23.6 Å². The molecular weight excluding hydrogens is 407 g/mol. The molecule has 0 aliphatic heterocycles. The highest BCUT2D eigenvalue weighted by Crippen LogP contribution is 2.22. The van der Waals surface area contributed by atoms with Gasteiger partial charge in [0, 0.05) is 23.2 Å².